The molecular weight excluding hydrogens is 238 g/mol. The Bertz CT molecular complexity index is 448. The van der Waals surface area contributed by atoms with Crippen LogP contribution in [0.1, 0.15) is 12.0 Å². The van der Waals surface area contributed by atoms with E-state index in [9.17, 15) is 14.9 Å². The monoisotopic (exact) mass is 253 g/mol. The minimum atomic E-state index is -0.493. The first-order valence-electron chi connectivity index (χ1n) is 5.39. The van der Waals surface area contributed by atoms with Crippen LogP contribution < -0.4 is 15.8 Å². The summed E-state index contributed by atoms with van der Waals surface area (Å²) < 4.78 is 5.37. The summed E-state index contributed by atoms with van der Waals surface area (Å²) >= 11 is 0. The van der Waals surface area contributed by atoms with E-state index in [-0.39, 0.29) is 31.2 Å². The quantitative estimate of drug-likeness (QED) is 0.569. The van der Waals surface area contributed by atoms with Crippen LogP contribution in [0.4, 0.5) is 5.69 Å². The molecule has 98 valence electrons. The molecule has 7 nitrogen and oxygen atoms in total. The van der Waals surface area contributed by atoms with Crippen LogP contribution in [0.3, 0.4) is 0 Å². The van der Waals surface area contributed by atoms with Gasteiger partial charge in [0.25, 0.3) is 5.69 Å². The number of hydrogen-bond acceptors (Lipinski definition) is 5. The summed E-state index contributed by atoms with van der Waals surface area (Å²) in [7, 11) is 1.54. The van der Waals surface area contributed by atoms with Gasteiger partial charge < -0.3 is 15.8 Å². The highest BCUT2D eigenvalue weighted by Gasteiger charge is 2.11. The van der Waals surface area contributed by atoms with E-state index in [0.29, 0.717) is 11.3 Å². The molecule has 7 heteroatoms. The molecule has 18 heavy (non-hydrogen) atoms. The van der Waals surface area contributed by atoms with Crippen molar-refractivity contribution in [1.82, 2.24) is 5.32 Å². The van der Waals surface area contributed by atoms with Crippen molar-refractivity contribution in [3.8, 4) is 5.75 Å². The maximum Gasteiger partial charge on any atom is 0.270 e. The van der Waals surface area contributed by atoms with Crippen molar-refractivity contribution in [1.29, 1.82) is 0 Å². The normalized spacial score (nSPS) is 9.89. The fraction of sp³-hybridized carbons (Fsp3) is 0.364. The summed E-state index contributed by atoms with van der Waals surface area (Å²) in [5.41, 5.74) is 6.00. The van der Waals surface area contributed by atoms with Gasteiger partial charge in [-0.05, 0) is 6.07 Å². The third-order valence-corrected chi connectivity index (χ3v) is 2.34. The molecule has 0 spiro atoms. The van der Waals surface area contributed by atoms with Crippen LogP contribution in [-0.4, -0.2) is 24.5 Å². The van der Waals surface area contributed by atoms with Gasteiger partial charge in [0.15, 0.2) is 0 Å². The van der Waals surface area contributed by atoms with Gasteiger partial charge in [0.05, 0.1) is 18.0 Å². The largest absolute Gasteiger partial charge is 0.493 e. The Kier molecular flexibility index (Phi) is 5.06. The number of rotatable bonds is 6. The van der Waals surface area contributed by atoms with Crippen LogP contribution >= 0.6 is 0 Å². The Morgan fingerprint density at radius 3 is 2.83 bits per heavy atom. The summed E-state index contributed by atoms with van der Waals surface area (Å²) in [5.74, 6) is 0.332. The number of amides is 1. The number of carbonyl (C=O) groups excluding carboxylic acids is 1. The molecule has 0 saturated carbocycles. The van der Waals surface area contributed by atoms with E-state index < -0.39 is 4.92 Å². The zero-order chi connectivity index (χ0) is 13.5. The molecule has 0 atom stereocenters. The number of nitrogens with one attached hydrogen (secondary N) is 1. The first-order valence-corrected chi connectivity index (χ1v) is 5.39. The molecule has 1 aromatic rings. The number of nitro groups is 1. The molecule has 0 heterocycles. The first-order chi connectivity index (χ1) is 8.58. The van der Waals surface area contributed by atoms with Gasteiger partial charge in [0.1, 0.15) is 5.75 Å². The second-order valence-electron chi connectivity index (χ2n) is 3.52. The zero-order valence-corrected chi connectivity index (χ0v) is 10.0. The second-order valence-corrected chi connectivity index (χ2v) is 3.52. The third-order valence-electron chi connectivity index (χ3n) is 2.34. The van der Waals surface area contributed by atoms with E-state index in [2.05, 4.69) is 5.32 Å². The molecule has 0 radical (unpaired) electrons. The molecule has 0 aromatic heterocycles. The predicted octanol–water partition coefficient (Wildman–Crippen LogP) is 0.568. The van der Waals surface area contributed by atoms with Crippen molar-refractivity contribution in [3.05, 3.63) is 33.9 Å². The molecule has 3 N–H and O–H groups in total. The predicted molar refractivity (Wildman–Crippen MR) is 65.2 cm³/mol. The molecule has 0 unspecified atom stereocenters. The molecular formula is C11H15N3O4. The lowest BCUT2D eigenvalue weighted by atomic mass is 10.2. The fourth-order valence-corrected chi connectivity index (χ4v) is 1.36. The lowest BCUT2D eigenvalue weighted by molar-refractivity contribution is -0.384. The van der Waals surface area contributed by atoms with E-state index >= 15 is 0 Å². The average Bonchev–Trinajstić information content (AvgIpc) is 2.38. The third kappa shape index (κ3) is 3.70. The van der Waals surface area contributed by atoms with Crippen LogP contribution in [0.15, 0.2) is 18.2 Å². The lowest BCUT2D eigenvalue weighted by Crippen LogP contribution is -2.20. The summed E-state index contributed by atoms with van der Waals surface area (Å²) in [6.07, 6.45) is 0.220. The van der Waals surface area contributed by atoms with Crippen molar-refractivity contribution in [3.63, 3.8) is 0 Å². The standard InChI is InChI=1S/C11H15N3O4/c1-13-11(15)4-5-18-10-3-2-9(14(16)17)6-8(10)7-12/h2-3,6H,4-5,7,12H2,1H3,(H,13,15). The highest BCUT2D eigenvalue weighted by atomic mass is 16.6. The van der Waals surface area contributed by atoms with Crippen molar-refractivity contribution in [2.75, 3.05) is 13.7 Å². The van der Waals surface area contributed by atoms with E-state index in [0.717, 1.165) is 0 Å². The molecule has 1 amide bonds. The van der Waals surface area contributed by atoms with Gasteiger partial charge >= 0.3 is 0 Å². The molecule has 0 fully saturated rings. The van der Waals surface area contributed by atoms with Gasteiger partial charge in [-0.2, -0.15) is 0 Å². The average molecular weight is 253 g/mol. The highest BCUT2D eigenvalue weighted by Crippen LogP contribution is 2.23. The van der Waals surface area contributed by atoms with Gasteiger partial charge in [-0.3, -0.25) is 14.9 Å². The summed E-state index contributed by atoms with van der Waals surface area (Å²) in [6, 6.07) is 4.20. The topological polar surface area (TPSA) is 107 Å². The van der Waals surface area contributed by atoms with Crippen LogP contribution in [0.25, 0.3) is 0 Å². The minimum Gasteiger partial charge on any atom is -0.493 e. The number of benzene rings is 1. The Hall–Kier alpha value is -2.15. The number of nitrogens with two attached hydrogens (primary N) is 1. The Balaban J connectivity index is 2.71. The van der Waals surface area contributed by atoms with E-state index in [1.807, 2.05) is 0 Å². The number of nitro benzene ring substituents is 1. The van der Waals surface area contributed by atoms with Crippen molar-refractivity contribution in [2.45, 2.75) is 13.0 Å². The maximum absolute atomic E-state index is 11.0. The first kappa shape index (κ1) is 13.9. The lowest BCUT2D eigenvalue weighted by Gasteiger charge is -2.09. The van der Waals surface area contributed by atoms with Crippen molar-refractivity contribution >= 4 is 11.6 Å². The number of carbonyl (C=O) groups is 1. The SMILES string of the molecule is CNC(=O)CCOc1ccc([N+](=O)[O-])cc1CN. The molecule has 0 saturated heterocycles. The minimum absolute atomic E-state index is 0.0332. The van der Waals surface area contributed by atoms with Gasteiger partial charge in [-0.15, -0.1) is 0 Å². The van der Waals surface area contributed by atoms with Crippen LogP contribution in [0.5, 0.6) is 5.75 Å². The van der Waals surface area contributed by atoms with Crippen molar-refractivity contribution < 1.29 is 14.5 Å². The van der Waals surface area contributed by atoms with E-state index in [1.54, 1.807) is 7.05 Å². The van der Waals surface area contributed by atoms with Gasteiger partial charge in [-0.25, -0.2) is 0 Å². The van der Waals surface area contributed by atoms with Crippen LogP contribution in [0.2, 0.25) is 0 Å². The van der Waals surface area contributed by atoms with Crippen LogP contribution in [0, 0.1) is 10.1 Å². The number of non-ortho nitro benzene ring substituents is 1. The maximum atomic E-state index is 11.0. The zero-order valence-electron chi connectivity index (χ0n) is 10.0. The Morgan fingerprint density at radius 2 is 2.28 bits per heavy atom. The summed E-state index contributed by atoms with van der Waals surface area (Å²) in [4.78, 5) is 21.1. The molecule has 1 rings (SSSR count). The van der Waals surface area contributed by atoms with Crippen molar-refractivity contribution in [2.24, 2.45) is 5.73 Å². The molecule has 0 bridgehead atoms. The van der Waals surface area contributed by atoms with Gasteiger partial charge in [0, 0.05) is 31.3 Å². The Morgan fingerprint density at radius 1 is 1.56 bits per heavy atom. The second kappa shape index (κ2) is 6.55. The summed E-state index contributed by atoms with van der Waals surface area (Å²) in [6.45, 7) is 0.335. The van der Waals surface area contributed by atoms with Gasteiger partial charge in [0.2, 0.25) is 5.91 Å². The molecule has 0 aliphatic carbocycles. The number of nitrogens with zero attached hydrogens (tertiary/aromatic N) is 1. The molecule has 0 aliphatic rings. The molecule has 1 aromatic carbocycles. The van der Waals surface area contributed by atoms with Crippen LogP contribution in [-0.2, 0) is 11.3 Å². The highest BCUT2D eigenvalue weighted by molar-refractivity contribution is 5.75. The molecule has 0 aliphatic heterocycles. The van der Waals surface area contributed by atoms with E-state index in [1.165, 1.54) is 18.2 Å². The van der Waals surface area contributed by atoms with Gasteiger partial charge in [-0.1, -0.05) is 0 Å². The van der Waals surface area contributed by atoms with E-state index in [4.69, 9.17) is 10.5 Å². The summed E-state index contributed by atoms with van der Waals surface area (Å²) in [5, 5.41) is 13.1. The Labute approximate surface area is 104 Å². The number of hydrogen-bond donors (Lipinski definition) is 2. The number of ether oxygens (including phenoxy) is 1. The smallest absolute Gasteiger partial charge is 0.270 e. The fourth-order valence-electron chi connectivity index (χ4n) is 1.36.